The molecule has 0 aromatic heterocycles. The van der Waals surface area contributed by atoms with Gasteiger partial charge in [0.05, 0.1) is 26.2 Å². The second-order valence-corrected chi connectivity index (χ2v) is 7.03. The first-order chi connectivity index (χ1) is 14.4. The van der Waals surface area contributed by atoms with Crippen LogP contribution in [0.3, 0.4) is 0 Å². The molecule has 1 heterocycles. The zero-order valence-electron chi connectivity index (χ0n) is 17.9. The average Bonchev–Trinajstić information content (AvgIpc) is 2.77. The van der Waals surface area contributed by atoms with Crippen molar-refractivity contribution in [3.05, 3.63) is 36.4 Å². The van der Waals surface area contributed by atoms with Crippen LogP contribution in [0.4, 0.5) is 0 Å². The van der Waals surface area contributed by atoms with Gasteiger partial charge in [-0.2, -0.15) is 0 Å². The predicted molar refractivity (Wildman–Crippen MR) is 112 cm³/mol. The Labute approximate surface area is 177 Å². The van der Waals surface area contributed by atoms with Crippen molar-refractivity contribution in [2.45, 2.75) is 19.8 Å². The molecule has 0 N–H and O–H groups in total. The summed E-state index contributed by atoms with van der Waals surface area (Å²) in [7, 11) is 3.08. The Morgan fingerprint density at radius 2 is 1.93 bits per heavy atom. The van der Waals surface area contributed by atoms with Gasteiger partial charge < -0.3 is 24.0 Å². The molecule has 0 spiro atoms. The minimum Gasteiger partial charge on any atom is -0.493 e. The summed E-state index contributed by atoms with van der Waals surface area (Å²) < 4.78 is 15.8. The molecule has 1 aliphatic rings. The lowest BCUT2D eigenvalue weighted by Gasteiger charge is -2.32. The summed E-state index contributed by atoms with van der Waals surface area (Å²) >= 11 is 0. The van der Waals surface area contributed by atoms with E-state index >= 15 is 0 Å². The smallest absolute Gasteiger partial charge is 0.309 e. The number of esters is 1. The largest absolute Gasteiger partial charge is 0.493 e. The van der Waals surface area contributed by atoms with E-state index in [0.29, 0.717) is 56.2 Å². The Morgan fingerprint density at radius 1 is 1.23 bits per heavy atom. The van der Waals surface area contributed by atoms with E-state index < -0.39 is 0 Å². The molecule has 1 fully saturated rings. The van der Waals surface area contributed by atoms with Gasteiger partial charge in [0.25, 0.3) is 5.91 Å². The number of nitrogens with zero attached hydrogens (tertiary/aromatic N) is 2. The fraction of sp³-hybridized carbons (Fsp3) is 0.500. The fourth-order valence-electron chi connectivity index (χ4n) is 3.29. The van der Waals surface area contributed by atoms with Gasteiger partial charge >= 0.3 is 5.97 Å². The molecule has 1 aromatic carbocycles. The van der Waals surface area contributed by atoms with E-state index in [1.54, 1.807) is 43.1 Å². The lowest BCUT2D eigenvalue weighted by atomic mass is 9.97. The fourth-order valence-corrected chi connectivity index (χ4v) is 3.29. The zero-order valence-corrected chi connectivity index (χ0v) is 17.9. The van der Waals surface area contributed by atoms with Gasteiger partial charge in [0.1, 0.15) is 6.61 Å². The molecule has 1 aromatic rings. The molecule has 0 atom stereocenters. The quantitative estimate of drug-likeness (QED) is 0.451. The molecule has 0 aliphatic carbocycles. The third-order valence-corrected chi connectivity index (χ3v) is 4.95. The van der Waals surface area contributed by atoms with Crippen LogP contribution in [0.1, 0.15) is 30.1 Å². The van der Waals surface area contributed by atoms with E-state index in [4.69, 9.17) is 14.2 Å². The normalized spacial score (nSPS) is 14.0. The lowest BCUT2D eigenvalue weighted by molar-refractivity contribution is -0.151. The second-order valence-electron chi connectivity index (χ2n) is 7.03. The summed E-state index contributed by atoms with van der Waals surface area (Å²) in [5.74, 6) is 0.138. The molecular formula is C22H30N2O6. The van der Waals surface area contributed by atoms with Crippen molar-refractivity contribution < 1.29 is 28.6 Å². The van der Waals surface area contributed by atoms with Crippen LogP contribution in [0, 0.1) is 5.92 Å². The standard InChI is InChI=1S/C22H30N2O6/c1-5-13-30-18-8-7-17(14-19(18)28-4)21(26)23(3)15-20(25)24-11-9-16(10-12-24)22(27)29-6-2/h5,7-8,14,16H,1,6,9-13,15H2,2-4H3. The molecule has 8 nitrogen and oxygen atoms in total. The maximum Gasteiger partial charge on any atom is 0.309 e. The summed E-state index contributed by atoms with van der Waals surface area (Å²) in [6.07, 6.45) is 2.77. The second kappa shape index (κ2) is 11.2. The summed E-state index contributed by atoms with van der Waals surface area (Å²) in [6.45, 7) is 6.98. The first-order valence-corrected chi connectivity index (χ1v) is 10.0. The molecular weight excluding hydrogens is 388 g/mol. The van der Waals surface area contributed by atoms with Crippen LogP contribution in [0.2, 0.25) is 0 Å². The van der Waals surface area contributed by atoms with Crippen LogP contribution in [-0.4, -0.2) is 74.6 Å². The van der Waals surface area contributed by atoms with E-state index in [2.05, 4.69) is 6.58 Å². The van der Waals surface area contributed by atoms with E-state index in [9.17, 15) is 14.4 Å². The van der Waals surface area contributed by atoms with Crippen molar-refractivity contribution in [1.29, 1.82) is 0 Å². The number of rotatable bonds is 9. The van der Waals surface area contributed by atoms with Crippen molar-refractivity contribution in [2.75, 3.05) is 47.0 Å². The van der Waals surface area contributed by atoms with Crippen LogP contribution in [-0.2, 0) is 14.3 Å². The average molecular weight is 418 g/mol. The monoisotopic (exact) mass is 418 g/mol. The maximum atomic E-state index is 12.8. The molecule has 1 saturated heterocycles. The van der Waals surface area contributed by atoms with Crippen molar-refractivity contribution in [3.63, 3.8) is 0 Å². The van der Waals surface area contributed by atoms with Crippen LogP contribution in [0.25, 0.3) is 0 Å². The number of ether oxygens (including phenoxy) is 3. The summed E-state index contributed by atoms with van der Waals surface area (Å²) in [6, 6.07) is 4.88. The van der Waals surface area contributed by atoms with Gasteiger partial charge in [0, 0.05) is 25.7 Å². The number of hydrogen-bond donors (Lipinski definition) is 0. The molecule has 0 bridgehead atoms. The Hall–Kier alpha value is -3.03. The minimum atomic E-state index is -0.293. The van der Waals surface area contributed by atoms with Crippen LogP contribution in [0.15, 0.2) is 30.9 Å². The van der Waals surface area contributed by atoms with Crippen LogP contribution < -0.4 is 9.47 Å². The Morgan fingerprint density at radius 3 is 2.53 bits per heavy atom. The Bertz CT molecular complexity index is 771. The molecule has 0 radical (unpaired) electrons. The predicted octanol–water partition coefficient (Wildman–Crippen LogP) is 2.13. The van der Waals surface area contributed by atoms with Gasteiger partial charge in [0.2, 0.25) is 5.91 Å². The number of carbonyl (C=O) groups is 3. The van der Waals surface area contributed by atoms with Gasteiger partial charge in [-0.05, 0) is 38.0 Å². The number of carbonyl (C=O) groups excluding carboxylic acids is 3. The highest BCUT2D eigenvalue weighted by Crippen LogP contribution is 2.28. The molecule has 1 aliphatic heterocycles. The van der Waals surface area contributed by atoms with E-state index in [1.165, 1.54) is 12.0 Å². The molecule has 0 unspecified atom stereocenters. The van der Waals surface area contributed by atoms with Crippen LogP contribution >= 0.6 is 0 Å². The van der Waals surface area contributed by atoms with Crippen molar-refractivity contribution >= 4 is 17.8 Å². The highest BCUT2D eigenvalue weighted by atomic mass is 16.5. The molecule has 164 valence electrons. The van der Waals surface area contributed by atoms with Crippen molar-refractivity contribution in [1.82, 2.24) is 9.80 Å². The highest BCUT2D eigenvalue weighted by Gasteiger charge is 2.29. The van der Waals surface area contributed by atoms with Gasteiger partial charge in [-0.25, -0.2) is 0 Å². The molecule has 2 rings (SSSR count). The first-order valence-electron chi connectivity index (χ1n) is 10.0. The topological polar surface area (TPSA) is 85.4 Å². The van der Waals surface area contributed by atoms with E-state index in [-0.39, 0.29) is 30.2 Å². The molecule has 0 saturated carbocycles. The van der Waals surface area contributed by atoms with E-state index in [0.717, 1.165) is 0 Å². The molecule has 8 heteroatoms. The van der Waals surface area contributed by atoms with Gasteiger partial charge in [0.15, 0.2) is 11.5 Å². The van der Waals surface area contributed by atoms with Crippen molar-refractivity contribution in [3.8, 4) is 11.5 Å². The number of amides is 2. The summed E-state index contributed by atoms with van der Waals surface area (Å²) in [5.41, 5.74) is 0.397. The minimum absolute atomic E-state index is 0.0417. The maximum absolute atomic E-state index is 12.8. The van der Waals surface area contributed by atoms with Crippen LogP contribution in [0.5, 0.6) is 11.5 Å². The highest BCUT2D eigenvalue weighted by molar-refractivity contribution is 5.97. The number of benzene rings is 1. The van der Waals surface area contributed by atoms with Gasteiger partial charge in [-0.3, -0.25) is 14.4 Å². The summed E-state index contributed by atoms with van der Waals surface area (Å²) in [5, 5.41) is 0. The Kier molecular flexibility index (Phi) is 8.70. The number of likely N-dealkylation sites (N-methyl/N-ethyl adjacent to an activating group) is 1. The molecule has 2 amide bonds. The number of hydrogen-bond acceptors (Lipinski definition) is 6. The number of likely N-dealkylation sites (tertiary alicyclic amines) is 1. The van der Waals surface area contributed by atoms with Gasteiger partial charge in [-0.15, -0.1) is 0 Å². The van der Waals surface area contributed by atoms with E-state index in [1.807, 2.05) is 0 Å². The number of methoxy groups -OCH3 is 1. The molecule has 30 heavy (non-hydrogen) atoms. The first kappa shape index (κ1) is 23.3. The number of piperidine rings is 1. The zero-order chi connectivity index (χ0) is 22.1. The van der Waals surface area contributed by atoms with Gasteiger partial charge in [-0.1, -0.05) is 12.7 Å². The third-order valence-electron chi connectivity index (χ3n) is 4.95. The SMILES string of the molecule is C=CCOc1ccc(C(=O)N(C)CC(=O)N2CCC(C(=O)OCC)CC2)cc1OC. The third kappa shape index (κ3) is 5.98. The lowest BCUT2D eigenvalue weighted by Crippen LogP contribution is -2.45. The Balaban J connectivity index is 1.93. The summed E-state index contributed by atoms with van der Waals surface area (Å²) in [4.78, 5) is 40.2. The van der Waals surface area contributed by atoms with Crippen molar-refractivity contribution in [2.24, 2.45) is 5.92 Å².